The molecule has 0 bridgehead atoms. The standard InChI is InChI=1S/C15H10N2OS.BH3.2FH/c1-3-7-12-10(5-1)16-14(18-12)9-15-17-11-6-2-4-8-13(11)19-15;;;/h1-8H,9H2;1H3;2*1H. The molecular weight excluding hydrogens is 305 g/mol. The van der Waals surface area contributed by atoms with E-state index in [9.17, 15) is 0 Å². The monoisotopic (exact) mass is 320 g/mol. The minimum atomic E-state index is 0. The van der Waals surface area contributed by atoms with Crippen LogP contribution in [0.3, 0.4) is 0 Å². The molecule has 4 aromatic rings. The van der Waals surface area contributed by atoms with Crippen LogP contribution in [0.1, 0.15) is 10.9 Å². The number of oxazole rings is 1. The van der Waals surface area contributed by atoms with Gasteiger partial charge in [-0.2, -0.15) is 0 Å². The number of rotatable bonds is 2. The predicted octanol–water partition coefficient (Wildman–Crippen LogP) is 3.15. The zero-order valence-corrected chi connectivity index (χ0v) is 11.7. The maximum absolute atomic E-state index is 5.72. The number of benzene rings is 2. The third kappa shape index (κ3) is 3.14. The summed E-state index contributed by atoms with van der Waals surface area (Å²) in [5, 5.41) is 1.03. The summed E-state index contributed by atoms with van der Waals surface area (Å²) in [6.07, 6.45) is 0.647. The molecule has 0 fully saturated rings. The van der Waals surface area contributed by atoms with Gasteiger partial charge in [0.25, 0.3) is 0 Å². The van der Waals surface area contributed by atoms with Gasteiger partial charge >= 0.3 is 0 Å². The van der Waals surface area contributed by atoms with Crippen LogP contribution >= 0.6 is 11.3 Å². The summed E-state index contributed by atoms with van der Waals surface area (Å²) in [6, 6.07) is 16.0. The van der Waals surface area contributed by atoms with Crippen molar-refractivity contribution >= 4 is 41.1 Å². The van der Waals surface area contributed by atoms with E-state index in [-0.39, 0.29) is 17.8 Å². The van der Waals surface area contributed by atoms with Gasteiger partial charge in [0, 0.05) is 0 Å². The molecule has 0 amide bonds. The van der Waals surface area contributed by atoms with Crippen LogP contribution in [-0.2, 0) is 6.42 Å². The first-order valence-corrected chi connectivity index (χ1v) is 6.89. The number of hydrogen-bond donors (Lipinski definition) is 0. The third-order valence-electron chi connectivity index (χ3n) is 2.98. The lowest BCUT2D eigenvalue weighted by Gasteiger charge is -1.88. The molecule has 22 heavy (non-hydrogen) atoms. The number of aromatic nitrogens is 2. The maximum atomic E-state index is 5.72. The van der Waals surface area contributed by atoms with Crippen molar-refractivity contribution in [1.82, 2.24) is 9.97 Å². The van der Waals surface area contributed by atoms with Crippen molar-refractivity contribution in [2.45, 2.75) is 6.42 Å². The molecular formula is C15H15BF2N2OS. The smallest absolute Gasteiger partial charge is 0.202 e. The Labute approximate surface area is 131 Å². The Morgan fingerprint density at radius 2 is 1.55 bits per heavy atom. The maximum Gasteiger partial charge on any atom is 0.202 e. The van der Waals surface area contributed by atoms with Crippen molar-refractivity contribution in [1.29, 1.82) is 0 Å². The number of para-hydroxylation sites is 3. The SMILES string of the molecule is B.F.F.c1ccc2oc(Cc3nc4ccccc4s3)nc2c1. The second kappa shape index (κ2) is 7.13. The molecule has 0 radical (unpaired) electrons. The summed E-state index contributed by atoms with van der Waals surface area (Å²) in [6.45, 7) is 0. The van der Waals surface area contributed by atoms with Gasteiger partial charge in [-0.15, -0.1) is 11.3 Å². The van der Waals surface area contributed by atoms with Crippen molar-refractivity contribution in [3.63, 3.8) is 0 Å². The fraction of sp³-hybridized carbons (Fsp3) is 0.0667. The van der Waals surface area contributed by atoms with Gasteiger partial charge in [0.15, 0.2) is 5.58 Å². The van der Waals surface area contributed by atoms with E-state index in [4.69, 9.17) is 4.42 Å². The molecule has 0 saturated carbocycles. The first kappa shape index (κ1) is 17.8. The van der Waals surface area contributed by atoms with Crippen molar-refractivity contribution in [2.75, 3.05) is 0 Å². The molecule has 4 rings (SSSR count). The van der Waals surface area contributed by atoms with Gasteiger partial charge in [-0.1, -0.05) is 24.3 Å². The van der Waals surface area contributed by atoms with Crippen LogP contribution < -0.4 is 0 Å². The zero-order valence-electron chi connectivity index (χ0n) is 10.9. The molecule has 0 aliphatic heterocycles. The van der Waals surface area contributed by atoms with E-state index >= 15 is 0 Å². The van der Waals surface area contributed by atoms with E-state index in [2.05, 4.69) is 16.0 Å². The molecule has 0 saturated heterocycles. The summed E-state index contributed by atoms with van der Waals surface area (Å²) >= 11 is 1.69. The fourth-order valence-electron chi connectivity index (χ4n) is 2.12. The second-order valence-corrected chi connectivity index (χ2v) is 5.44. The van der Waals surface area contributed by atoms with E-state index in [0.29, 0.717) is 6.42 Å². The van der Waals surface area contributed by atoms with Crippen molar-refractivity contribution < 1.29 is 13.8 Å². The van der Waals surface area contributed by atoms with Crippen molar-refractivity contribution in [3.05, 3.63) is 59.4 Å². The minimum Gasteiger partial charge on any atom is -0.440 e. The Balaban J connectivity index is 0.000000807. The van der Waals surface area contributed by atoms with Gasteiger partial charge in [-0.25, -0.2) is 9.97 Å². The molecule has 0 spiro atoms. The van der Waals surface area contributed by atoms with E-state index in [1.807, 2.05) is 42.5 Å². The lowest BCUT2D eigenvalue weighted by molar-refractivity contribution is 0.544. The van der Waals surface area contributed by atoms with Crippen LogP contribution in [0.4, 0.5) is 9.41 Å². The topological polar surface area (TPSA) is 38.9 Å². The molecule has 2 heterocycles. The molecule has 2 aromatic carbocycles. The Morgan fingerprint density at radius 3 is 2.27 bits per heavy atom. The van der Waals surface area contributed by atoms with Gasteiger partial charge in [0.05, 0.1) is 25.1 Å². The first-order valence-electron chi connectivity index (χ1n) is 6.07. The highest BCUT2D eigenvalue weighted by atomic mass is 32.1. The molecule has 0 N–H and O–H groups in total. The van der Waals surface area contributed by atoms with Crippen molar-refractivity contribution in [3.8, 4) is 0 Å². The molecule has 114 valence electrons. The van der Waals surface area contributed by atoms with E-state index in [1.54, 1.807) is 11.3 Å². The van der Waals surface area contributed by atoms with Gasteiger partial charge < -0.3 is 4.42 Å². The summed E-state index contributed by atoms with van der Waals surface area (Å²) < 4.78 is 6.93. The highest BCUT2D eigenvalue weighted by Gasteiger charge is 2.09. The van der Waals surface area contributed by atoms with E-state index in [1.165, 1.54) is 4.70 Å². The Bertz CT molecular complexity index is 740. The summed E-state index contributed by atoms with van der Waals surface area (Å²) in [5.74, 6) is 0.722. The lowest BCUT2D eigenvalue weighted by atomic mass is 10.3. The van der Waals surface area contributed by atoms with E-state index in [0.717, 1.165) is 27.5 Å². The quantitative estimate of drug-likeness (QED) is 0.533. The average molecular weight is 320 g/mol. The van der Waals surface area contributed by atoms with Crippen LogP contribution in [0.5, 0.6) is 0 Å². The summed E-state index contributed by atoms with van der Waals surface area (Å²) in [4.78, 5) is 9.07. The first-order chi connectivity index (χ1) is 9.38. The van der Waals surface area contributed by atoms with Crippen LogP contribution in [0, 0.1) is 0 Å². The lowest BCUT2D eigenvalue weighted by Crippen LogP contribution is -1.85. The highest BCUT2D eigenvalue weighted by Crippen LogP contribution is 2.24. The molecule has 0 unspecified atom stereocenters. The van der Waals surface area contributed by atoms with E-state index < -0.39 is 0 Å². The molecule has 0 atom stereocenters. The molecule has 0 aliphatic rings. The van der Waals surface area contributed by atoms with Crippen LogP contribution in [0.15, 0.2) is 52.9 Å². The second-order valence-electron chi connectivity index (χ2n) is 4.33. The third-order valence-corrected chi connectivity index (χ3v) is 4.02. The Kier molecular flexibility index (Phi) is 5.76. The Morgan fingerprint density at radius 1 is 0.864 bits per heavy atom. The average Bonchev–Trinajstić information content (AvgIpc) is 3.00. The zero-order chi connectivity index (χ0) is 12.7. The molecule has 7 heteroatoms. The normalized spacial score (nSPS) is 9.82. The van der Waals surface area contributed by atoms with Crippen molar-refractivity contribution in [2.24, 2.45) is 0 Å². The molecule has 0 aliphatic carbocycles. The Hall–Kier alpha value is -2.28. The minimum absolute atomic E-state index is 0. The fourth-order valence-corrected chi connectivity index (χ4v) is 3.08. The predicted molar refractivity (Wildman–Crippen MR) is 91.4 cm³/mol. The molecule has 2 aromatic heterocycles. The van der Waals surface area contributed by atoms with Gasteiger partial charge in [0.2, 0.25) is 5.89 Å². The largest absolute Gasteiger partial charge is 0.440 e. The number of hydrogen-bond acceptors (Lipinski definition) is 4. The van der Waals surface area contributed by atoms with Crippen LogP contribution in [-0.4, -0.2) is 18.4 Å². The number of halogens is 2. The summed E-state index contributed by atoms with van der Waals surface area (Å²) in [7, 11) is 0. The van der Waals surface area contributed by atoms with Crippen LogP contribution in [0.25, 0.3) is 21.3 Å². The molecule has 3 nitrogen and oxygen atoms in total. The summed E-state index contributed by atoms with van der Waals surface area (Å²) in [5.41, 5.74) is 2.77. The number of fused-ring (bicyclic) bond motifs is 2. The van der Waals surface area contributed by atoms with Crippen LogP contribution in [0.2, 0.25) is 0 Å². The number of nitrogens with zero attached hydrogens (tertiary/aromatic N) is 2. The van der Waals surface area contributed by atoms with Gasteiger partial charge in [-0.3, -0.25) is 9.41 Å². The number of thiazole rings is 1. The van der Waals surface area contributed by atoms with Gasteiger partial charge in [0.1, 0.15) is 10.5 Å². The highest BCUT2D eigenvalue weighted by molar-refractivity contribution is 7.18. The van der Waals surface area contributed by atoms with Gasteiger partial charge in [-0.05, 0) is 24.3 Å².